The fourth-order valence-corrected chi connectivity index (χ4v) is 5.38. The zero-order chi connectivity index (χ0) is 22.0. The van der Waals surface area contributed by atoms with Crippen molar-refractivity contribution in [2.45, 2.75) is 32.1 Å². The van der Waals surface area contributed by atoms with Gasteiger partial charge in [-0.05, 0) is 67.2 Å². The van der Waals surface area contributed by atoms with Crippen LogP contribution < -0.4 is 4.74 Å². The van der Waals surface area contributed by atoms with Crippen LogP contribution in [0.4, 0.5) is 0 Å². The van der Waals surface area contributed by atoms with Crippen molar-refractivity contribution in [1.82, 2.24) is 0 Å². The number of methoxy groups -OCH3 is 1. The molecule has 4 rings (SSSR count). The van der Waals surface area contributed by atoms with Gasteiger partial charge in [0.1, 0.15) is 5.75 Å². The molecule has 0 aromatic heterocycles. The average molecular weight is 421 g/mol. The van der Waals surface area contributed by atoms with Crippen LogP contribution in [0.2, 0.25) is 0 Å². The smallest absolute Gasteiger partial charge is 0.334 e. The molecule has 1 fully saturated rings. The summed E-state index contributed by atoms with van der Waals surface area (Å²) in [5.74, 6) is -0.0418. The molecule has 4 atom stereocenters. The monoisotopic (exact) mass is 420 g/mol. The maximum Gasteiger partial charge on any atom is 0.334 e. The van der Waals surface area contributed by atoms with Crippen molar-refractivity contribution in [3.8, 4) is 5.75 Å². The van der Waals surface area contributed by atoms with Gasteiger partial charge in [0.05, 0.1) is 31.5 Å². The number of carbonyl (C=O) groups excluding carboxylic acids is 2. The number of hydrogen-bond donors (Lipinski definition) is 0. The highest BCUT2D eigenvalue weighted by Crippen LogP contribution is 2.63. The van der Waals surface area contributed by atoms with Crippen LogP contribution in [-0.4, -0.2) is 32.3 Å². The molecule has 5 nitrogen and oxygen atoms in total. The second kappa shape index (κ2) is 8.96. The van der Waals surface area contributed by atoms with Crippen LogP contribution in [0, 0.1) is 11.8 Å². The van der Waals surface area contributed by atoms with Crippen molar-refractivity contribution in [2.24, 2.45) is 11.8 Å². The van der Waals surface area contributed by atoms with Crippen LogP contribution in [0.15, 0.2) is 65.7 Å². The summed E-state index contributed by atoms with van der Waals surface area (Å²) in [5.41, 5.74) is 3.30. The highest BCUT2D eigenvalue weighted by atomic mass is 16.5. The van der Waals surface area contributed by atoms with Crippen LogP contribution in [-0.2, 0) is 19.1 Å². The fraction of sp³-hybridized carbons (Fsp3) is 0.385. The van der Waals surface area contributed by atoms with Gasteiger partial charge in [-0.3, -0.25) is 0 Å². The van der Waals surface area contributed by atoms with Crippen molar-refractivity contribution >= 4 is 11.9 Å². The second-order valence-corrected chi connectivity index (χ2v) is 7.95. The molecule has 0 N–H and O–H groups in total. The minimum Gasteiger partial charge on any atom is -0.497 e. The Morgan fingerprint density at radius 3 is 1.71 bits per heavy atom. The molecule has 0 radical (unpaired) electrons. The molecular formula is C26H28O5. The van der Waals surface area contributed by atoms with Crippen molar-refractivity contribution in [2.75, 3.05) is 20.3 Å². The Hall–Kier alpha value is -3.08. The summed E-state index contributed by atoms with van der Waals surface area (Å²) in [6, 6.07) is 18.3. The van der Waals surface area contributed by atoms with Crippen LogP contribution in [0.25, 0.3) is 0 Å². The Morgan fingerprint density at radius 2 is 1.26 bits per heavy atom. The maximum absolute atomic E-state index is 13.0. The highest BCUT2D eigenvalue weighted by Gasteiger charge is 2.57. The van der Waals surface area contributed by atoms with Gasteiger partial charge < -0.3 is 14.2 Å². The first-order valence-corrected chi connectivity index (χ1v) is 10.9. The maximum atomic E-state index is 13.0. The van der Waals surface area contributed by atoms with Crippen molar-refractivity contribution < 1.29 is 23.8 Å². The van der Waals surface area contributed by atoms with Gasteiger partial charge >= 0.3 is 11.9 Å². The summed E-state index contributed by atoms with van der Waals surface area (Å²) in [5, 5.41) is 0. The first-order chi connectivity index (χ1) is 15.1. The lowest BCUT2D eigenvalue weighted by Crippen LogP contribution is -2.29. The SMILES string of the molecule is CCOC(=O)C1=C(C(=O)OCC)[C@@H]2C[C@H]1[C@@H](c1ccc(OC)cc1)[C@H]2c1ccccc1. The van der Waals surface area contributed by atoms with E-state index in [2.05, 4.69) is 24.3 Å². The third kappa shape index (κ3) is 3.73. The van der Waals surface area contributed by atoms with Gasteiger partial charge in [-0.15, -0.1) is 0 Å². The normalized spacial score (nSPS) is 24.2. The van der Waals surface area contributed by atoms with Crippen LogP contribution in [0.1, 0.15) is 43.2 Å². The van der Waals surface area contributed by atoms with E-state index in [1.54, 1.807) is 21.0 Å². The summed E-state index contributed by atoms with van der Waals surface area (Å²) >= 11 is 0. The molecule has 31 heavy (non-hydrogen) atoms. The summed E-state index contributed by atoms with van der Waals surface area (Å²) in [6.07, 6.45) is 0.735. The van der Waals surface area contributed by atoms with E-state index in [4.69, 9.17) is 14.2 Å². The van der Waals surface area contributed by atoms with Crippen LogP contribution >= 0.6 is 0 Å². The Bertz CT molecular complexity index is 977. The molecule has 0 spiro atoms. The average Bonchev–Trinajstić information content (AvgIpc) is 3.36. The number of benzene rings is 2. The molecule has 1 saturated carbocycles. The van der Waals surface area contributed by atoms with E-state index in [0.717, 1.165) is 17.7 Å². The third-order valence-electron chi connectivity index (χ3n) is 6.47. The second-order valence-electron chi connectivity index (χ2n) is 7.95. The highest BCUT2D eigenvalue weighted by molar-refractivity contribution is 6.03. The topological polar surface area (TPSA) is 61.8 Å². The minimum atomic E-state index is -0.400. The van der Waals surface area contributed by atoms with Crippen molar-refractivity contribution in [1.29, 1.82) is 0 Å². The van der Waals surface area contributed by atoms with Gasteiger partial charge in [0.25, 0.3) is 0 Å². The van der Waals surface area contributed by atoms with E-state index in [0.29, 0.717) is 11.1 Å². The molecule has 2 bridgehead atoms. The van der Waals surface area contributed by atoms with Gasteiger partial charge in [0.15, 0.2) is 0 Å². The Morgan fingerprint density at radius 1 is 0.774 bits per heavy atom. The van der Waals surface area contributed by atoms with Crippen LogP contribution in [0.5, 0.6) is 5.75 Å². The number of fused-ring (bicyclic) bond motifs is 2. The Labute approximate surface area is 183 Å². The van der Waals surface area contributed by atoms with Crippen molar-refractivity contribution in [3.05, 3.63) is 76.9 Å². The van der Waals surface area contributed by atoms with Gasteiger partial charge in [-0.25, -0.2) is 9.59 Å². The third-order valence-corrected chi connectivity index (χ3v) is 6.47. The molecule has 0 heterocycles. The zero-order valence-corrected chi connectivity index (χ0v) is 18.2. The molecule has 5 heteroatoms. The number of esters is 2. The molecule has 2 aromatic carbocycles. The molecular weight excluding hydrogens is 392 g/mol. The van der Waals surface area contributed by atoms with E-state index >= 15 is 0 Å². The summed E-state index contributed by atoms with van der Waals surface area (Å²) in [6.45, 7) is 4.10. The van der Waals surface area contributed by atoms with E-state index in [-0.39, 0.29) is 36.9 Å². The number of hydrogen-bond acceptors (Lipinski definition) is 5. The number of ether oxygens (including phenoxy) is 3. The molecule has 0 aliphatic heterocycles. The van der Waals surface area contributed by atoms with Gasteiger partial charge in [-0.1, -0.05) is 42.5 Å². The Kier molecular flexibility index (Phi) is 6.12. The first-order valence-electron chi connectivity index (χ1n) is 10.9. The number of carbonyl (C=O) groups is 2. The molecule has 2 aromatic rings. The van der Waals surface area contributed by atoms with Gasteiger partial charge in [0, 0.05) is 0 Å². The molecule has 2 aliphatic rings. The number of rotatable bonds is 7. The minimum absolute atomic E-state index is 0.0656. The van der Waals surface area contributed by atoms with E-state index in [1.165, 1.54) is 5.56 Å². The lowest BCUT2D eigenvalue weighted by Gasteiger charge is -2.34. The predicted molar refractivity (Wildman–Crippen MR) is 117 cm³/mol. The molecule has 2 aliphatic carbocycles. The molecule has 0 unspecified atom stereocenters. The van der Waals surface area contributed by atoms with Gasteiger partial charge in [0.2, 0.25) is 0 Å². The van der Waals surface area contributed by atoms with E-state index in [9.17, 15) is 9.59 Å². The quantitative estimate of drug-likeness (QED) is 0.611. The van der Waals surface area contributed by atoms with Gasteiger partial charge in [-0.2, -0.15) is 0 Å². The summed E-state index contributed by atoms with van der Waals surface area (Å²) < 4.78 is 16.1. The van der Waals surface area contributed by atoms with E-state index in [1.807, 2.05) is 30.3 Å². The fourth-order valence-electron chi connectivity index (χ4n) is 5.38. The largest absolute Gasteiger partial charge is 0.497 e. The lowest BCUT2D eigenvalue weighted by molar-refractivity contribution is -0.142. The predicted octanol–water partition coefficient (Wildman–Crippen LogP) is 4.64. The summed E-state index contributed by atoms with van der Waals surface area (Å²) in [4.78, 5) is 25.9. The van der Waals surface area contributed by atoms with Crippen molar-refractivity contribution in [3.63, 3.8) is 0 Å². The summed E-state index contributed by atoms with van der Waals surface area (Å²) in [7, 11) is 1.65. The first kappa shape index (κ1) is 21.2. The molecule has 0 amide bonds. The standard InChI is InChI=1S/C26H28O5/c1-4-30-25(27)23-19-15-20(24(23)26(28)31-5-2)22(17-11-13-18(29-3)14-12-17)21(19)16-9-7-6-8-10-16/h6-14,19-22H,4-5,15H2,1-3H3/t19-,20+,21+,22-/m1/s1. The van der Waals surface area contributed by atoms with Crippen LogP contribution in [0.3, 0.4) is 0 Å². The molecule has 162 valence electrons. The Balaban J connectivity index is 1.85. The van der Waals surface area contributed by atoms with E-state index < -0.39 is 11.9 Å². The molecule has 0 saturated heterocycles. The lowest BCUT2D eigenvalue weighted by atomic mass is 9.70. The zero-order valence-electron chi connectivity index (χ0n) is 18.2.